The molecular weight excluding hydrogens is 242 g/mol. The molecule has 0 heterocycles. The number of anilines is 1. The van der Waals surface area contributed by atoms with Gasteiger partial charge in [-0.15, -0.1) is 11.8 Å². The Morgan fingerprint density at radius 1 is 1.11 bits per heavy atom. The Morgan fingerprint density at radius 2 is 1.83 bits per heavy atom. The molecule has 2 aromatic rings. The quantitative estimate of drug-likeness (QED) is 0.803. The lowest BCUT2D eigenvalue weighted by Crippen LogP contribution is -2.06. The van der Waals surface area contributed by atoms with Crippen LogP contribution in [0.4, 0.5) is 5.69 Å². The largest absolute Gasteiger partial charge is 0.508 e. The summed E-state index contributed by atoms with van der Waals surface area (Å²) in [4.78, 5) is 1.27. The average Bonchev–Trinajstić information content (AvgIpc) is 2.39. The monoisotopic (exact) mass is 259 g/mol. The van der Waals surface area contributed by atoms with Crippen molar-refractivity contribution in [1.29, 1.82) is 0 Å². The molecule has 1 unspecified atom stereocenters. The number of hydrogen-bond acceptors (Lipinski definition) is 3. The van der Waals surface area contributed by atoms with E-state index in [-0.39, 0.29) is 11.8 Å². The summed E-state index contributed by atoms with van der Waals surface area (Å²) in [5, 5.41) is 12.8. The van der Waals surface area contributed by atoms with Crippen LogP contribution in [0.1, 0.15) is 18.5 Å². The molecule has 0 aliphatic carbocycles. The van der Waals surface area contributed by atoms with Crippen LogP contribution in [0, 0.1) is 0 Å². The van der Waals surface area contributed by atoms with Crippen molar-refractivity contribution in [3.63, 3.8) is 0 Å². The van der Waals surface area contributed by atoms with Crippen molar-refractivity contribution in [3.05, 3.63) is 54.1 Å². The van der Waals surface area contributed by atoms with Gasteiger partial charge < -0.3 is 10.4 Å². The van der Waals surface area contributed by atoms with E-state index in [0.29, 0.717) is 0 Å². The molecule has 0 radical (unpaired) electrons. The normalized spacial score (nSPS) is 12.1. The second-order valence-corrected chi connectivity index (χ2v) is 5.07. The van der Waals surface area contributed by atoms with E-state index in [1.165, 1.54) is 10.5 Å². The minimum Gasteiger partial charge on any atom is -0.508 e. The van der Waals surface area contributed by atoms with Crippen molar-refractivity contribution in [3.8, 4) is 5.75 Å². The summed E-state index contributed by atoms with van der Waals surface area (Å²) >= 11 is 1.74. The van der Waals surface area contributed by atoms with Crippen LogP contribution < -0.4 is 5.32 Å². The number of nitrogens with one attached hydrogen (secondary N) is 1. The Kier molecular flexibility index (Phi) is 4.15. The molecule has 0 aromatic heterocycles. The zero-order chi connectivity index (χ0) is 13.0. The van der Waals surface area contributed by atoms with Crippen molar-refractivity contribution in [1.82, 2.24) is 0 Å². The van der Waals surface area contributed by atoms with Crippen molar-refractivity contribution >= 4 is 17.4 Å². The maximum absolute atomic E-state index is 9.42. The van der Waals surface area contributed by atoms with Gasteiger partial charge in [0.15, 0.2) is 0 Å². The first kappa shape index (κ1) is 12.8. The molecule has 2 nitrogen and oxygen atoms in total. The Morgan fingerprint density at radius 3 is 2.44 bits per heavy atom. The lowest BCUT2D eigenvalue weighted by Gasteiger charge is -2.16. The summed E-state index contributed by atoms with van der Waals surface area (Å²) < 4.78 is 0. The van der Waals surface area contributed by atoms with E-state index in [0.717, 1.165) is 5.69 Å². The van der Waals surface area contributed by atoms with E-state index < -0.39 is 0 Å². The van der Waals surface area contributed by atoms with Crippen LogP contribution in [-0.2, 0) is 0 Å². The molecular formula is C15H17NOS. The molecule has 0 saturated carbocycles. The van der Waals surface area contributed by atoms with Gasteiger partial charge in [0.1, 0.15) is 5.75 Å². The zero-order valence-electron chi connectivity index (χ0n) is 10.6. The summed E-state index contributed by atoms with van der Waals surface area (Å²) in [6.07, 6.45) is 2.07. The third-order valence-electron chi connectivity index (χ3n) is 2.85. The Balaban J connectivity index is 2.09. The maximum Gasteiger partial charge on any atom is 0.117 e. The number of thioether (sulfide) groups is 1. The van der Waals surface area contributed by atoms with Crippen molar-refractivity contribution in [2.24, 2.45) is 0 Å². The highest BCUT2D eigenvalue weighted by Crippen LogP contribution is 2.23. The first-order valence-corrected chi connectivity index (χ1v) is 7.11. The van der Waals surface area contributed by atoms with Gasteiger partial charge in [-0.25, -0.2) is 0 Å². The van der Waals surface area contributed by atoms with Crippen molar-refractivity contribution in [2.45, 2.75) is 17.9 Å². The molecule has 2 N–H and O–H groups in total. The fourth-order valence-corrected chi connectivity index (χ4v) is 2.23. The van der Waals surface area contributed by atoms with E-state index in [2.05, 4.69) is 42.8 Å². The third kappa shape index (κ3) is 3.20. The SMILES string of the molecule is CSc1ccc(C(C)Nc2cccc(O)c2)cc1. The molecule has 0 amide bonds. The van der Waals surface area contributed by atoms with Gasteiger partial charge in [-0.2, -0.15) is 0 Å². The summed E-state index contributed by atoms with van der Waals surface area (Å²) in [6.45, 7) is 2.11. The van der Waals surface area contributed by atoms with E-state index in [1.54, 1.807) is 23.9 Å². The maximum atomic E-state index is 9.42. The first-order chi connectivity index (χ1) is 8.69. The Bertz CT molecular complexity index is 510. The molecule has 94 valence electrons. The van der Waals surface area contributed by atoms with Gasteiger partial charge in [0.05, 0.1) is 0 Å². The second-order valence-electron chi connectivity index (χ2n) is 4.19. The van der Waals surface area contributed by atoms with E-state index in [1.807, 2.05) is 12.1 Å². The smallest absolute Gasteiger partial charge is 0.117 e. The third-order valence-corrected chi connectivity index (χ3v) is 3.59. The van der Waals surface area contributed by atoms with E-state index in [9.17, 15) is 5.11 Å². The highest BCUT2D eigenvalue weighted by molar-refractivity contribution is 7.98. The molecule has 1 atom stereocenters. The van der Waals surface area contributed by atoms with Gasteiger partial charge in [-0.3, -0.25) is 0 Å². The van der Waals surface area contributed by atoms with Gasteiger partial charge in [0, 0.05) is 22.7 Å². The summed E-state index contributed by atoms with van der Waals surface area (Å²) in [5.74, 6) is 0.282. The van der Waals surface area contributed by atoms with Gasteiger partial charge in [-0.1, -0.05) is 18.2 Å². The van der Waals surface area contributed by atoms with Gasteiger partial charge >= 0.3 is 0 Å². The molecule has 18 heavy (non-hydrogen) atoms. The van der Waals surface area contributed by atoms with E-state index >= 15 is 0 Å². The molecule has 0 spiro atoms. The Hall–Kier alpha value is -1.61. The summed E-state index contributed by atoms with van der Waals surface area (Å²) in [5.41, 5.74) is 2.16. The van der Waals surface area contributed by atoms with Crippen LogP contribution in [0.3, 0.4) is 0 Å². The molecule has 3 heteroatoms. The van der Waals surface area contributed by atoms with Crippen LogP contribution in [0.2, 0.25) is 0 Å². The van der Waals surface area contributed by atoms with Crippen LogP contribution in [0.25, 0.3) is 0 Å². The number of benzene rings is 2. The van der Waals surface area contributed by atoms with Gasteiger partial charge in [-0.05, 0) is 43.0 Å². The van der Waals surface area contributed by atoms with Crippen LogP contribution in [0.15, 0.2) is 53.4 Å². The highest BCUT2D eigenvalue weighted by atomic mass is 32.2. The highest BCUT2D eigenvalue weighted by Gasteiger charge is 2.05. The van der Waals surface area contributed by atoms with Crippen LogP contribution in [0.5, 0.6) is 5.75 Å². The molecule has 0 aliphatic rings. The predicted molar refractivity (Wildman–Crippen MR) is 78.4 cm³/mol. The lowest BCUT2D eigenvalue weighted by molar-refractivity contribution is 0.475. The van der Waals surface area contributed by atoms with Crippen LogP contribution in [-0.4, -0.2) is 11.4 Å². The van der Waals surface area contributed by atoms with Crippen LogP contribution >= 0.6 is 11.8 Å². The zero-order valence-corrected chi connectivity index (χ0v) is 11.4. The number of phenols is 1. The second kappa shape index (κ2) is 5.83. The molecule has 0 aliphatic heterocycles. The molecule has 0 saturated heterocycles. The predicted octanol–water partition coefficient (Wildman–Crippen LogP) is 4.29. The minimum absolute atomic E-state index is 0.211. The van der Waals surface area contributed by atoms with Gasteiger partial charge in [0.25, 0.3) is 0 Å². The van der Waals surface area contributed by atoms with Gasteiger partial charge in [0.2, 0.25) is 0 Å². The fourth-order valence-electron chi connectivity index (χ4n) is 1.82. The Labute approximate surface area is 112 Å². The molecule has 0 bridgehead atoms. The lowest BCUT2D eigenvalue weighted by atomic mass is 10.1. The van der Waals surface area contributed by atoms with E-state index in [4.69, 9.17) is 0 Å². The number of aromatic hydroxyl groups is 1. The molecule has 2 rings (SSSR count). The topological polar surface area (TPSA) is 32.3 Å². The average molecular weight is 259 g/mol. The molecule has 0 fully saturated rings. The number of phenolic OH excluding ortho intramolecular Hbond substituents is 1. The first-order valence-electron chi connectivity index (χ1n) is 5.88. The number of hydrogen-bond donors (Lipinski definition) is 2. The minimum atomic E-state index is 0.211. The number of rotatable bonds is 4. The van der Waals surface area contributed by atoms with Crippen molar-refractivity contribution < 1.29 is 5.11 Å². The fraction of sp³-hybridized carbons (Fsp3) is 0.200. The molecule has 2 aromatic carbocycles. The summed E-state index contributed by atoms with van der Waals surface area (Å²) in [7, 11) is 0. The standard InChI is InChI=1S/C15H17NOS/c1-11(12-6-8-15(18-2)9-7-12)16-13-4-3-5-14(17)10-13/h3-11,16-17H,1-2H3. The van der Waals surface area contributed by atoms with Crippen molar-refractivity contribution in [2.75, 3.05) is 11.6 Å². The summed E-state index contributed by atoms with van der Waals surface area (Å²) in [6, 6.07) is 15.9.